The van der Waals surface area contributed by atoms with Crippen LogP contribution in [0.4, 0.5) is 5.69 Å². The fourth-order valence-electron chi connectivity index (χ4n) is 4.01. The average Bonchev–Trinajstić information content (AvgIpc) is 3.00. The lowest BCUT2D eigenvalue weighted by atomic mass is 9.99. The van der Waals surface area contributed by atoms with Crippen molar-refractivity contribution < 1.29 is 31.8 Å². The van der Waals surface area contributed by atoms with Crippen molar-refractivity contribution in [1.29, 1.82) is 0 Å². The Labute approximate surface area is 236 Å². The molecule has 0 saturated heterocycles. The van der Waals surface area contributed by atoms with Crippen molar-refractivity contribution in [3.63, 3.8) is 0 Å². The van der Waals surface area contributed by atoms with Crippen LogP contribution >= 0.6 is 0 Å². The number of hydrogen-bond donors (Lipinski definition) is 0. The number of nitrogens with zero attached hydrogens (tertiary/aromatic N) is 1. The van der Waals surface area contributed by atoms with Gasteiger partial charge in [-0.3, -0.25) is 10.1 Å². The van der Waals surface area contributed by atoms with Crippen LogP contribution in [0.2, 0.25) is 0 Å². The van der Waals surface area contributed by atoms with E-state index in [2.05, 4.69) is 18.2 Å². The van der Waals surface area contributed by atoms with E-state index in [1.807, 2.05) is 72.8 Å². The molecule has 9 nitrogen and oxygen atoms in total. The molecule has 0 unspecified atom stereocenters. The zero-order valence-corrected chi connectivity index (χ0v) is 22.9. The zero-order chi connectivity index (χ0) is 29.4. The molecule has 5 rings (SSSR count). The number of nitro benzene ring substituents is 1. The Kier molecular flexibility index (Phi) is 9.08. The van der Waals surface area contributed by atoms with Gasteiger partial charge in [-0.15, -0.1) is 0 Å². The Morgan fingerprint density at radius 3 is 2.07 bits per heavy atom. The maximum atomic E-state index is 10.5. The molecular weight excluding hydrogens is 546 g/mol. The second-order valence-corrected chi connectivity index (χ2v) is 9.90. The molecule has 5 aromatic rings. The fraction of sp³-hybridized carbons (Fsp3) is 0.0645. The molecule has 0 atom stereocenters. The minimum atomic E-state index is -4.77. The van der Waals surface area contributed by atoms with Crippen LogP contribution in [0.1, 0.15) is 16.9 Å². The normalized spacial score (nSPS) is 11.3. The van der Waals surface area contributed by atoms with Gasteiger partial charge in [0.2, 0.25) is 0 Å². The number of fused-ring (bicyclic) bond motifs is 1. The van der Waals surface area contributed by atoms with E-state index < -0.39 is 25.6 Å². The van der Waals surface area contributed by atoms with E-state index >= 15 is 0 Å². The summed E-state index contributed by atoms with van der Waals surface area (Å²) in [7, 11) is -1.42. The van der Waals surface area contributed by atoms with Crippen molar-refractivity contribution in [1.82, 2.24) is 0 Å². The first-order chi connectivity index (χ1) is 19.7. The predicted octanol–water partition coefficient (Wildman–Crippen LogP) is 6.82. The Hall–Kier alpha value is -5.06. The number of ether oxygens (including phenoxy) is 2. The van der Waals surface area contributed by atoms with Crippen LogP contribution in [0.3, 0.4) is 0 Å². The van der Waals surface area contributed by atoms with Gasteiger partial charge in [0.15, 0.2) is 0 Å². The first-order valence-corrected chi connectivity index (χ1v) is 13.6. The lowest BCUT2D eigenvalue weighted by Gasteiger charge is -2.06. The minimum absolute atomic E-state index is 0.697. The van der Waals surface area contributed by atoms with Crippen molar-refractivity contribution in [3.8, 4) is 11.5 Å². The van der Waals surface area contributed by atoms with Crippen molar-refractivity contribution >= 4 is 38.4 Å². The van der Waals surface area contributed by atoms with Crippen LogP contribution in [0.5, 0.6) is 11.5 Å². The van der Waals surface area contributed by atoms with E-state index in [0.717, 1.165) is 57.1 Å². The van der Waals surface area contributed by atoms with Crippen molar-refractivity contribution in [2.45, 2.75) is 4.90 Å². The quantitative estimate of drug-likeness (QED) is 0.0684. The second-order valence-electron chi connectivity index (χ2n) is 8.55. The lowest BCUT2D eigenvalue weighted by molar-refractivity contribution is -0.387. The van der Waals surface area contributed by atoms with Crippen molar-refractivity contribution in [2.75, 3.05) is 14.2 Å². The number of rotatable bonds is 7. The zero-order valence-electron chi connectivity index (χ0n) is 22.1. The van der Waals surface area contributed by atoms with Gasteiger partial charge in [-0.05, 0) is 41.5 Å². The molecule has 10 heteroatoms. The number of benzene rings is 4. The van der Waals surface area contributed by atoms with Gasteiger partial charge in [-0.25, -0.2) is 12.8 Å². The Morgan fingerprint density at radius 2 is 1.46 bits per heavy atom. The Morgan fingerprint density at radius 1 is 0.829 bits per heavy atom. The molecule has 1 heterocycles. The molecule has 0 aliphatic heterocycles. The monoisotopic (exact) mass is 571 g/mol. The molecular formula is C31H25NO8S. The molecule has 0 radical (unpaired) electrons. The highest BCUT2D eigenvalue weighted by atomic mass is 32.2. The van der Waals surface area contributed by atoms with Crippen LogP contribution in [-0.4, -0.2) is 32.1 Å². The van der Waals surface area contributed by atoms with Crippen LogP contribution < -0.4 is 9.47 Å². The average molecular weight is 572 g/mol. The number of nitro groups is 1. The predicted molar refractivity (Wildman–Crippen MR) is 155 cm³/mol. The summed E-state index contributed by atoms with van der Waals surface area (Å²) in [6.45, 7) is 0. The molecule has 0 aliphatic carbocycles. The fourth-order valence-corrected chi connectivity index (χ4v) is 4.65. The van der Waals surface area contributed by atoms with Crippen LogP contribution in [0, 0.1) is 10.1 Å². The molecule has 1 aromatic heterocycles. The molecule has 0 N–H and O–H groups in total. The largest absolute Gasteiger partial charge is 0.744 e. The maximum absolute atomic E-state index is 10.5. The van der Waals surface area contributed by atoms with Gasteiger partial charge in [0, 0.05) is 12.1 Å². The molecule has 0 bridgehead atoms. The summed E-state index contributed by atoms with van der Waals surface area (Å²) in [5.41, 5.74) is 3.20. The molecule has 41 heavy (non-hydrogen) atoms. The first-order valence-electron chi connectivity index (χ1n) is 12.2. The molecule has 0 aliphatic rings. The molecule has 0 fully saturated rings. The number of hydrogen-bond acceptors (Lipinski definition) is 7. The summed E-state index contributed by atoms with van der Waals surface area (Å²) in [5.74, 6) is 2.36. The summed E-state index contributed by atoms with van der Waals surface area (Å²) >= 11 is 0. The Bertz CT molecular complexity index is 1800. The summed E-state index contributed by atoms with van der Waals surface area (Å²) in [6, 6.07) is 32.4. The molecule has 0 spiro atoms. The third-order valence-corrected chi connectivity index (χ3v) is 6.85. The topological polar surface area (TPSA) is 130 Å². The third-order valence-electron chi connectivity index (χ3n) is 5.96. The summed E-state index contributed by atoms with van der Waals surface area (Å²) in [6.07, 6.45) is 2.11. The van der Waals surface area contributed by atoms with Crippen LogP contribution in [0.25, 0.3) is 22.6 Å². The molecule has 208 valence electrons. The summed E-state index contributed by atoms with van der Waals surface area (Å²) < 4.78 is 48.7. The molecule has 0 saturated carbocycles. The summed E-state index contributed by atoms with van der Waals surface area (Å²) in [4.78, 5) is 8.55. The van der Waals surface area contributed by atoms with E-state index in [-0.39, 0.29) is 0 Å². The third kappa shape index (κ3) is 7.13. The van der Waals surface area contributed by atoms with Crippen LogP contribution in [-0.2, 0) is 10.1 Å². The highest BCUT2D eigenvalue weighted by Gasteiger charge is 2.23. The Balaban J connectivity index is 0.000000251. The van der Waals surface area contributed by atoms with E-state index in [1.165, 1.54) is 12.1 Å². The second kappa shape index (κ2) is 12.9. The summed E-state index contributed by atoms with van der Waals surface area (Å²) in [5, 5.41) is 11.2. The van der Waals surface area contributed by atoms with Gasteiger partial charge in [-0.1, -0.05) is 66.7 Å². The van der Waals surface area contributed by atoms with Gasteiger partial charge in [-0.2, -0.15) is 0 Å². The van der Waals surface area contributed by atoms with Gasteiger partial charge >= 0.3 is 11.3 Å². The minimum Gasteiger partial charge on any atom is -0.744 e. The van der Waals surface area contributed by atoms with Crippen LogP contribution in [0.15, 0.2) is 119 Å². The standard InChI is InChI=1S/C25H21O3.C6H5NO5S/c1-26-20-14-12-18(13-15-20)16-22(19-8-4-3-5-9-19)25-17-24(27-2)21-10-6-7-11-23(21)28-25;8-7(9)5-3-1-2-4-6(5)13(10,11)12/h3-17H,1-2H3;1-4H,(H,10,11,12)/q+1;/p-1. The van der Waals surface area contributed by atoms with Gasteiger partial charge in [0.25, 0.3) is 5.69 Å². The van der Waals surface area contributed by atoms with E-state index in [9.17, 15) is 23.1 Å². The van der Waals surface area contributed by atoms with Crippen molar-refractivity contribution in [2.24, 2.45) is 0 Å². The van der Waals surface area contributed by atoms with E-state index in [1.54, 1.807) is 14.2 Å². The van der Waals surface area contributed by atoms with E-state index in [4.69, 9.17) is 13.9 Å². The van der Waals surface area contributed by atoms with Crippen molar-refractivity contribution in [3.05, 3.63) is 136 Å². The van der Waals surface area contributed by atoms with Gasteiger partial charge < -0.3 is 14.0 Å². The SMILES string of the molecule is COc1ccc(C=C(c2ccccc2)c2cc(OC)c3ccccc3[o+]2)cc1.O=[N+]([O-])c1ccccc1S(=O)(=O)[O-]. The smallest absolute Gasteiger partial charge is 0.365 e. The van der Waals surface area contributed by atoms with E-state index in [0.29, 0.717) is 0 Å². The van der Waals surface area contributed by atoms with Gasteiger partial charge in [0.1, 0.15) is 31.9 Å². The highest BCUT2D eigenvalue weighted by molar-refractivity contribution is 7.85. The first kappa shape index (κ1) is 28.9. The highest BCUT2D eigenvalue weighted by Crippen LogP contribution is 2.34. The lowest BCUT2D eigenvalue weighted by Crippen LogP contribution is -2.02. The molecule has 0 amide bonds. The van der Waals surface area contributed by atoms with Gasteiger partial charge in [0.05, 0.1) is 30.8 Å². The number of para-hydroxylation sites is 2. The molecule has 4 aromatic carbocycles. The maximum Gasteiger partial charge on any atom is 0.365 e. The number of methoxy groups -OCH3 is 2.